The zero-order valence-electron chi connectivity index (χ0n) is 43.4. The maximum Gasteiger partial charge on any atom is 2.00 e. The van der Waals surface area contributed by atoms with Crippen LogP contribution < -0.4 is 52.2 Å². The second kappa shape index (κ2) is 38.2. The van der Waals surface area contributed by atoms with Gasteiger partial charge in [-0.25, -0.2) is 0 Å². The maximum absolute atomic E-state index is 8.25. The summed E-state index contributed by atoms with van der Waals surface area (Å²) < 4.78 is 0. The molecule has 0 fully saturated rings. The summed E-state index contributed by atoms with van der Waals surface area (Å²) in [5.41, 5.74) is 2.56. The van der Waals surface area contributed by atoms with Crippen molar-refractivity contribution in [2.75, 3.05) is 34.9 Å². The van der Waals surface area contributed by atoms with Crippen LogP contribution in [-0.4, -0.2) is 45.5 Å². The summed E-state index contributed by atoms with van der Waals surface area (Å²) in [4.78, 5) is 38.5. The van der Waals surface area contributed by atoms with Crippen LogP contribution in [-0.2, 0) is 40.8 Å². The van der Waals surface area contributed by atoms with E-state index in [1.807, 2.05) is 0 Å². The second-order valence-corrected chi connectivity index (χ2v) is 26.7. The van der Waals surface area contributed by atoms with Crippen molar-refractivity contribution >= 4 is 85.5 Å². The summed E-state index contributed by atoms with van der Waals surface area (Å²) in [5, 5.41) is 70.5. The average Bonchev–Trinajstić information content (AvgIpc) is 3.58. The fourth-order valence-electron chi connectivity index (χ4n) is 8.63. The van der Waals surface area contributed by atoms with Gasteiger partial charge in [-0.2, -0.15) is 0 Å². The topological polar surface area (TPSA) is 271 Å². The second-order valence-electron chi connectivity index (χ2n) is 17.0. The van der Waals surface area contributed by atoms with Gasteiger partial charge in [0.2, 0.25) is 0 Å². The van der Waals surface area contributed by atoms with E-state index in [0.29, 0.717) is 0 Å². The number of rotatable bonds is 18. The Morgan fingerprint density at radius 3 is 0.451 bits per heavy atom. The Morgan fingerprint density at radius 2 is 0.341 bits per heavy atom. The van der Waals surface area contributed by atoms with Crippen LogP contribution in [0.5, 0.6) is 0 Å². The molecule has 0 spiro atoms. The van der Waals surface area contributed by atoms with Crippen LogP contribution in [0.3, 0.4) is 0 Å². The quantitative estimate of drug-likeness (QED) is 0.0335. The van der Waals surface area contributed by atoms with E-state index >= 15 is 0 Å². The van der Waals surface area contributed by atoms with Gasteiger partial charge in [-0.05, 0) is 121 Å². The van der Waals surface area contributed by atoms with Gasteiger partial charge < -0.3 is 71.1 Å². The van der Waals surface area contributed by atoms with Gasteiger partial charge in [-0.1, -0.05) is 146 Å². The number of benzene rings is 9. The van der Waals surface area contributed by atoms with Gasteiger partial charge in [0.05, 0.1) is 94.5 Å². The first kappa shape index (κ1) is 68.7. The van der Waals surface area contributed by atoms with E-state index in [9.17, 15) is 0 Å². The Balaban J connectivity index is 0.000000872. The van der Waals surface area contributed by atoms with Crippen LogP contribution in [0.15, 0.2) is 267 Å². The third kappa shape index (κ3) is 24.7. The van der Waals surface area contributed by atoms with E-state index < -0.39 is 52.0 Å². The SMILES string of the molecule is O=[N+]([O-])[O-].O=[N+]([O-])[O-].O=[N+]([O-])[O-].O=[N+]([O-])[O-].[Pd+2].[Pd+2].c1ccc([PH+](CN(C[PH+](c2ccccc2)c2ccccc2)c2ccc(N(C[PH+](c3ccccc3)c3ccccc3)C[PH+](c3ccccc3)c3ccccc3)cc2)c2ccccc2)cc1. The molecule has 426 valence electrons. The molecule has 0 aliphatic heterocycles. The van der Waals surface area contributed by atoms with Crippen molar-refractivity contribution in [3.8, 4) is 0 Å². The molecule has 9 rings (SSSR count). The third-order valence-electron chi connectivity index (χ3n) is 12.0. The monoisotopic (exact) mass is 1360 g/mol. The van der Waals surface area contributed by atoms with Gasteiger partial charge in [0.15, 0.2) is 0 Å². The fourth-order valence-corrected chi connectivity index (χ4v) is 19.3. The molecule has 0 amide bonds. The van der Waals surface area contributed by atoms with Gasteiger partial charge in [0, 0.05) is 11.4 Å². The van der Waals surface area contributed by atoms with Gasteiger partial charge in [-0.15, -0.1) is 0 Å². The van der Waals surface area contributed by atoms with E-state index in [1.165, 1.54) is 53.8 Å². The Morgan fingerprint density at radius 1 is 0.232 bits per heavy atom. The molecular weight excluding hydrogens is 1310 g/mol. The molecule has 9 aromatic rings. The van der Waals surface area contributed by atoms with Crippen LogP contribution in [0.25, 0.3) is 0 Å². The van der Waals surface area contributed by atoms with E-state index in [2.05, 4.69) is 277 Å². The van der Waals surface area contributed by atoms with Crippen LogP contribution >= 0.6 is 31.7 Å². The van der Waals surface area contributed by atoms with Gasteiger partial charge in [0.25, 0.3) is 0 Å². The standard InChI is InChI=1S/C58H52N2P4.4NO3.2Pd/c1-9-25-51(26-10-1)61(52-27-11-2-12-28-52)45-59(46-62(53-29-13-3-14-30-53)54-31-15-4-16-32-54)49-41-43-50(44-42-49)60(47-63(55-33-17-5-18-34-55)56-35-19-6-20-36-56)48-64(57-37-21-7-22-38-57)58-39-23-8-24-40-58;4*2-1(3)4;;/h1-44H,45-48H2;;;;;;/q;4*-1;2*+2/p+4. The summed E-state index contributed by atoms with van der Waals surface area (Å²) in [6, 6.07) is 99.8. The van der Waals surface area contributed by atoms with E-state index in [1.54, 1.807) is 0 Å². The minimum absolute atomic E-state index is 0. The summed E-state index contributed by atoms with van der Waals surface area (Å²) in [7, 11) is -4.77. The molecule has 18 nitrogen and oxygen atoms in total. The minimum atomic E-state index is -1.75. The molecule has 0 saturated carbocycles. The molecule has 0 aromatic heterocycles. The maximum atomic E-state index is 8.25. The number of nitrogens with zero attached hydrogens (tertiary/aromatic N) is 6. The Kier molecular flexibility index (Phi) is 32.0. The van der Waals surface area contributed by atoms with E-state index in [0.717, 1.165) is 25.1 Å². The Labute approximate surface area is 506 Å². The largest absolute Gasteiger partial charge is 2.00 e. The summed E-state index contributed by atoms with van der Waals surface area (Å²) in [6.07, 6.45) is 3.83. The molecule has 0 aliphatic rings. The van der Waals surface area contributed by atoms with Gasteiger partial charge in [-0.3, -0.25) is 0 Å². The third-order valence-corrected chi connectivity index (χ3v) is 23.0. The first-order valence-electron chi connectivity index (χ1n) is 24.4. The predicted octanol–water partition coefficient (Wildman–Crippen LogP) is 9.63. The molecule has 24 heteroatoms. The molecule has 0 radical (unpaired) electrons. The average molecular weight is 1370 g/mol. The van der Waals surface area contributed by atoms with Crippen LogP contribution in [0.2, 0.25) is 0 Å². The van der Waals surface area contributed by atoms with Crippen molar-refractivity contribution in [2.24, 2.45) is 0 Å². The first-order chi connectivity index (χ1) is 38.7. The number of hydrogen-bond acceptors (Lipinski definition) is 14. The van der Waals surface area contributed by atoms with Crippen molar-refractivity contribution in [3.63, 3.8) is 0 Å². The first-order valence-corrected chi connectivity index (χ1v) is 31.3. The van der Waals surface area contributed by atoms with Crippen LogP contribution in [0.1, 0.15) is 0 Å². The Hall–Kier alpha value is -7.58. The molecular formula is C58H56N6O12P4Pd2+4. The molecule has 82 heavy (non-hydrogen) atoms. The normalized spacial score (nSPS) is 10.0. The fraction of sp³-hybridized carbons (Fsp3) is 0.0690. The molecule has 0 N–H and O–H groups in total. The van der Waals surface area contributed by atoms with E-state index in [4.69, 9.17) is 61.3 Å². The molecule has 0 saturated heterocycles. The molecule has 9 aromatic carbocycles. The smallest absolute Gasteiger partial charge is 0.356 e. The van der Waals surface area contributed by atoms with Gasteiger partial charge in [0.1, 0.15) is 25.1 Å². The van der Waals surface area contributed by atoms with Crippen molar-refractivity contribution in [3.05, 3.63) is 328 Å². The number of anilines is 2. The van der Waals surface area contributed by atoms with Crippen molar-refractivity contribution in [1.29, 1.82) is 0 Å². The Bertz CT molecular complexity index is 2630. The zero-order chi connectivity index (χ0) is 57.5. The van der Waals surface area contributed by atoms with Crippen LogP contribution in [0, 0.1) is 61.3 Å². The van der Waals surface area contributed by atoms with Crippen LogP contribution in [0.4, 0.5) is 11.4 Å². The van der Waals surface area contributed by atoms with Crippen molar-refractivity contribution < 1.29 is 61.2 Å². The number of hydrogen-bond donors (Lipinski definition) is 0. The molecule has 0 unspecified atom stereocenters. The summed E-state index contributed by atoms with van der Waals surface area (Å²) in [5.74, 6) is 0. The molecule has 0 bridgehead atoms. The summed E-state index contributed by atoms with van der Waals surface area (Å²) >= 11 is 0. The van der Waals surface area contributed by atoms with Crippen molar-refractivity contribution in [1.82, 2.24) is 0 Å². The molecule has 0 atom stereocenters. The van der Waals surface area contributed by atoms with Gasteiger partial charge >= 0.3 is 40.8 Å². The molecule has 0 heterocycles. The zero-order valence-corrected chi connectivity index (χ0v) is 50.6. The van der Waals surface area contributed by atoms with Crippen molar-refractivity contribution in [2.45, 2.75) is 0 Å². The predicted molar refractivity (Wildman–Crippen MR) is 334 cm³/mol. The summed E-state index contributed by atoms with van der Waals surface area (Å²) in [6.45, 7) is 0. The minimum Gasteiger partial charge on any atom is -0.356 e. The molecule has 0 aliphatic carbocycles. The van der Waals surface area contributed by atoms with E-state index in [-0.39, 0.29) is 40.8 Å².